The minimum absolute atomic E-state index is 0.183. The lowest BCUT2D eigenvalue weighted by Crippen LogP contribution is -2.38. The van der Waals surface area contributed by atoms with E-state index in [1.165, 1.54) is 12.1 Å². The van der Waals surface area contributed by atoms with Crippen LogP contribution in [0.3, 0.4) is 0 Å². The Kier molecular flexibility index (Phi) is 2.44. The number of primary sulfonamides is 1. The second-order valence-corrected chi connectivity index (χ2v) is 6.88. The molecule has 0 saturated heterocycles. The molecule has 2 aliphatic rings. The highest BCUT2D eigenvalue weighted by atomic mass is 32.2. The molecular formula is C12H14FNO3S. The number of nitrogens with two attached hydrogens (primary N) is 1. The number of ether oxygens (including phenoxy) is 1. The Morgan fingerprint density at radius 2 is 2.11 bits per heavy atom. The van der Waals surface area contributed by atoms with Gasteiger partial charge in [0.15, 0.2) is 0 Å². The van der Waals surface area contributed by atoms with Gasteiger partial charge in [-0.1, -0.05) is 6.07 Å². The molecule has 2 N–H and O–H groups in total. The average Bonchev–Trinajstić information content (AvgIpc) is 3.08. The van der Waals surface area contributed by atoms with E-state index in [-0.39, 0.29) is 11.7 Å². The Balaban J connectivity index is 2.08. The Morgan fingerprint density at radius 3 is 2.72 bits per heavy atom. The lowest BCUT2D eigenvalue weighted by atomic mass is 9.88. The number of fused-ring (bicyclic) bond motifs is 1. The van der Waals surface area contributed by atoms with E-state index in [0.717, 1.165) is 5.56 Å². The van der Waals surface area contributed by atoms with Gasteiger partial charge in [-0.05, 0) is 30.9 Å². The number of sulfonamides is 1. The van der Waals surface area contributed by atoms with Gasteiger partial charge in [0.1, 0.15) is 11.6 Å². The SMILES string of the molecule is NS(=O)(=O)C1([C@@H]2CCOc3cc(F)ccc32)CC1. The fraction of sp³-hybridized carbons (Fsp3) is 0.500. The van der Waals surface area contributed by atoms with E-state index >= 15 is 0 Å². The van der Waals surface area contributed by atoms with E-state index in [1.807, 2.05) is 0 Å². The maximum atomic E-state index is 13.1. The summed E-state index contributed by atoms with van der Waals surface area (Å²) in [4.78, 5) is 0. The summed E-state index contributed by atoms with van der Waals surface area (Å²) in [7, 11) is -3.59. The molecule has 1 saturated carbocycles. The summed E-state index contributed by atoms with van der Waals surface area (Å²) in [6.07, 6.45) is 1.76. The molecule has 4 nitrogen and oxygen atoms in total. The first kappa shape index (κ1) is 11.9. The molecule has 18 heavy (non-hydrogen) atoms. The number of hydrogen-bond acceptors (Lipinski definition) is 3. The highest BCUT2D eigenvalue weighted by Crippen LogP contribution is 2.56. The van der Waals surface area contributed by atoms with Crippen LogP contribution in [0.4, 0.5) is 4.39 Å². The fourth-order valence-corrected chi connectivity index (χ4v) is 4.18. The van der Waals surface area contributed by atoms with Gasteiger partial charge in [0.2, 0.25) is 10.0 Å². The van der Waals surface area contributed by atoms with Crippen molar-refractivity contribution in [2.24, 2.45) is 5.14 Å². The van der Waals surface area contributed by atoms with Crippen molar-refractivity contribution in [3.8, 4) is 5.75 Å². The lowest BCUT2D eigenvalue weighted by molar-refractivity contribution is 0.260. The van der Waals surface area contributed by atoms with Crippen LogP contribution in [0.25, 0.3) is 0 Å². The summed E-state index contributed by atoms with van der Waals surface area (Å²) in [6.45, 7) is 0.401. The molecule has 1 aromatic carbocycles. The molecule has 1 fully saturated rings. The molecule has 1 aliphatic heterocycles. The third kappa shape index (κ3) is 1.63. The normalized spacial score (nSPS) is 25.1. The molecule has 0 spiro atoms. The molecule has 6 heteroatoms. The van der Waals surface area contributed by atoms with E-state index in [1.54, 1.807) is 6.07 Å². The van der Waals surface area contributed by atoms with Crippen molar-refractivity contribution in [1.29, 1.82) is 0 Å². The first-order valence-electron chi connectivity index (χ1n) is 5.89. The van der Waals surface area contributed by atoms with Gasteiger partial charge in [0, 0.05) is 12.0 Å². The molecule has 0 amide bonds. The third-order valence-electron chi connectivity index (χ3n) is 3.96. The largest absolute Gasteiger partial charge is 0.493 e. The lowest BCUT2D eigenvalue weighted by Gasteiger charge is -2.31. The summed E-state index contributed by atoms with van der Waals surface area (Å²) in [5, 5.41) is 5.35. The molecule has 1 aliphatic carbocycles. The van der Waals surface area contributed by atoms with Crippen LogP contribution in [0.1, 0.15) is 30.7 Å². The van der Waals surface area contributed by atoms with Crippen LogP contribution < -0.4 is 9.88 Å². The predicted octanol–water partition coefficient (Wildman–Crippen LogP) is 1.51. The zero-order chi connectivity index (χ0) is 13.0. The van der Waals surface area contributed by atoms with Crippen LogP contribution in [0, 0.1) is 5.82 Å². The van der Waals surface area contributed by atoms with Crippen molar-refractivity contribution in [3.05, 3.63) is 29.6 Å². The van der Waals surface area contributed by atoms with E-state index < -0.39 is 14.8 Å². The van der Waals surface area contributed by atoms with Gasteiger partial charge in [-0.2, -0.15) is 0 Å². The minimum atomic E-state index is -3.59. The van der Waals surface area contributed by atoms with Gasteiger partial charge < -0.3 is 4.74 Å². The third-order valence-corrected chi connectivity index (χ3v) is 5.79. The van der Waals surface area contributed by atoms with Gasteiger partial charge in [0.05, 0.1) is 11.4 Å². The molecule has 1 aromatic rings. The molecular weight excluding hydrogens is 257 g/mol. The van der Waals surface area contributed by atoms with Crippen molar-refractivity contribution in [2.45, 2.75) is 29.9 Å². The summed E-state index contributed by atoms with van der Waals surface area (Å²) in [6, 6.07) is 4.25. The summed E-state index contributed by atoms with van der Waals surface area (Å²) >= 11 is 0. The van der Waals surface area contributed by atoms with E-state index in [0.29, 0.717) is 31.6 Å². The molecule has 0 radical (unpaired) electrons. The first-order chi connectivity index (χ1) is 8.44. The van der Waals surface area contributed by atoms with E-state index in [9.17, 15) is 12.8 Å². The monoisotopic (exact) mass is 271 g/mol. The van der Waals surface area contributed by atoms with Crippen LogP contribution >= 0.6 is 0 Å². The molecule has 98 valence electrons. The van der Waals surface area contributed by atoms with Crippen LogP contribution in [-0.4, -0.2) is 19.8 Å². The predicted molar refractivity (Wildman–Crippen MR) is 64.3 cm³/mol. The zero-order valence-corrected chi connectivity index (χ0v) is 10.5. The quantitative estimate of drug-likeness (QED) is 0.886. The Morgan fingerprint density at radius 1 is 1.39 bits per heavy atom. The summed E-state index contributed by atoms with van der Waals surface area (Å²) < 4.78 is 41.2. The molecule has 1 atom stereocenters. The molecule has 0 aromatic heterocycles. The maximum Gasteiger partial charge on any atom is 0.215 e. The Bertz CT molecular complexity index is 595. The molecule has 3 rings (SSSR count). The van der Waals surface area contributed by atoms with Gasteiger partial charge in [-0.15, -0.1) is 0 Å². The zero-order valence-electron chi connectivity index (χ0n) is 9.73. The van der Waals surface area contributed by atoms with Gasteiger partial charge in [-0.3, -0.25) is 0 Å². The van der Waals surface area contributed by atoms with Crippen molar-refractivity contribution in [2.75, 3.05) is 6.61 Å². The average molecular weight is 271 g/mol. The number of benzene rings is 1. The van der Waals surface area contributed by atoms with E-state index in [4.69, 9.17) is 9.88 Å². The first-order valence-corrected chi connectivity index (χ1v) is 7.43. The van der Waals surface area contributed by atoms with Crippen LogP contribution in [0.5, 0.6) is 5.75 Å². The van der Waals surface area contributed by atoms with Crippen molar-refractivity contribution >= 4 is 10.0 Å². The van der Waals surface area contributed by atoms with Gasteiger partial charge in [-0.25, -0.2) is 17.9 Å². The number of halogens is 1. The summed E-state index contributed by atoms with van der Waals surface area (Å²) in [5.74, 6) is -0.118. The summed E-state index contributed by atoms with van der Waals surface area (Å²) in [5.41, 5.74) is 0.758. The second kappa shape index (κ2) is 3.68. The minimum Gasteiger partial charge on any atom is -0.493 e. The molecule has 0 unspecified atom stereocenters. The van der Waals surface area contributed by atoms with E-state index in [2.05, 4.69) is 0 Å². The molecule has 0 bridgehead atoms. The van der Waals surface area contributed by atoms with Crippen LogP contribution in [-0.2, 0) is 10.0 Å². The highest BCUT2D eigenvalue weighted by Gasteiger charge is 2.59. The van der Waals surface area contributed by atoms with Gasteiger partial charge >= 0.3 is 0 Å². The number of hydrogen-bond donors (Lipinski definition) is 1. The highest BCUT2D eigenvalue weighted by molar-refractivity contribution is 7.90. The Labute approximate surface area is 105 Å². The molecule has 1 heterocycles. The second-order valence-electron chi connectivity index (χ2n) is 4.98. The van der Waals surface area contributed by atoms with Gasteiger partial charge in [0.25, 0.3) is 0 Å². The standard InChI is InChI=1S/C12H14FNO3S/c13-8-1-2-9-10(3-6-17-11(9)7-8)12(4-5-12)18(14,15)16/h1-2,7,10H,3-6H2,(H2,14,15,16)/t10-/m1/s1. The van der Waals surface area contributed by atoms with Crippen molar-refractivity contribution in [3.63, 3.8) is 0 Å². The topological polar surface area (TPSA) is 69.4 Å². The van der Waals surface area contributed by atoms with Crippen LogP contribution in [0.2, 0.25) is 0 Å². The Hall–Kier alpha value is -1.14. The van der Waals surface area contributed by atoms with Crippen molar-refractivity contribution in [1.82, 2.24) is 0 Å². The fourth-order valence-electron chi connectivity index (χ4n) is 2.86. The van der Waals surface area contributed by atoms with Crippen LogP contribution in [0.15, 0.2) is 18.2 Å². The maximum absolute atomic E-state index is 13.1. The smallest absolute Gasteiger partial charge is 0.215 e. The number of rotatable bonds is 2. The van der Waals surface area contributed by atoms with Crippen molar-refractivity contribution < 1.29 is 17.5 Å².